The third-order valence-electron chi connectivity index (χ3n) is 7.41. The molecule has 9 atom stereocenters. The molecule has 1 fully saturated rings. The van der Waals surface area contributed by atoms with Gasteiger partial charge in [0.25, 0.3) is 0 Å². The van der Waals surface area contributed by atoms with Gasteiger partial charge in [-0.3, -0.25) is 0 Å². The number of phenols is 1. The molecule has 0 aliphatic carbocycles. The molecule has 0 bridgehead atoms. The standard InChI is InChI=1S/C26H35NO11/c1-4-13-15(8-17-14-9-19(34-2)18(29)7-12(14)5-6-27-17)16(24(33)35-3)11-36-25(13)38-26-23(32)22(31)21(30)20(10-28)37-26/h4,7,9,11,13,15,17,20-23,25-32H,1,5-6,8,10H2,2-3H3/t13-,15+,17+,20-,21-,22+,23-,25+,26+/m1/s1. The topological polar surface area (TPSA) is 176 Å². The quantitative estimate of drug-likeness (QED) is 0.188. The number of hydrogen-bond donors (Lipinski definition) is 6. The lowest BCUT2D eigenvalue weighted by Crippen LogP contribution is -2.60. The minimum Gasteiger partial charge on any atom is -0.504 e. The van der Waals surface area contributed by atoms with E-state index in [1.54, 1.807) is 18.2 Å². The first-order valence-electron chi connectivity index (χ1n) is 12.4. The monoisotopic (exact) mass is 537 g/mol. The molecule has 0 amide bonds. The van der Waals surface area contributed by atoms with Crippen molar-refractivity contribution in [2.24, 2.45) is 11.8 Å². The SMILES string of the molecule is C=C[C@H]1[C@H](O[C@@H]2O[C@H](CO)[C@@H](O)[C@H](O)[C@H]2O)OC=C(C(=O)OC)[C@H]1C[C@@H]1NCCc2cc(O)c(OC)cc21. The summed E-state index contributed by atoms with van der Waals surface area (Å²) in [7, 11) is 2.74. The summed E-state index contributed by atoms with van der Waals surface area (Å²) in [6.07, 6.45) is -4.58. The van der Waals surface area contributed by atoms with Crippen molar-refractivity contribution in [2.45, 2.75) is 55.9 Å². The summed E-state index contributed by atoms with van der Waals surface area (Å²) in [5.41, 5.74) is 2.12. The highest BCUT2D eigenvalue weighted by Gasteiger charge is 2.48. The summed E-state index contributed by atoms with van der Waals surface area (Å²) in [6.45, 7) is 3.94. The second-order valence-electron chi connectivity index (χ2n) is 9.54. The van der Waals surface area contributed by atoms with Crippen LogP contribution in [0.25, 0.3) is 0 Å². The van der Waals surface area contributed by atoms with E-state index in [1.165, 1.54) is 20.5 Å². The summed E-state index contributed by atoms with van der Waals surface area (Å²) < 4.78 is 27.4. The molecule has 38 heavy (non-hydrogen) atoms. The molecule has 1 aromatic carbocycles. The van der Waals surface area contributed by atoms with E-state index in [9.17, 15) is 30.3 Å². The summed E-state index contributed by atoms with van der Waals surface area (Å²) in [6, 6.07) is 3.21. The Kier molecular flexibility index (Phi) is 8.93. The lowest BCUT2D eigenvalue weighted by molar-refractivity contribution is -0.339. The molecule has 0 saturated carbocycles. The van der Waals surface area contributed by atoms with Crippen LogP contribution in [0.3, 0.4) is 0 Å². The minimum atomic E-state index is -1.63. The van der Waals surface area contributed by atoms with Gasteiger partial charge in [0.2, 0.25) is 6.29 Å². The number of esters is 1. The molecule has 6 N–H and O–H groups in total. The Balaban J connectivity index is 1.62. The van der Waals surface area contributed by atoms with Gasteiger partial charge in [-0.15, -0.1) is 6.58 Å². The molecule has 12 nitrogen and oxygen atoms in total. The molecule has 1 aromatic rings. The molecular formula is C26H35NO11. The number of ether oxygens (including phenoxy) is 5. The lowest BCUT2D eigenvalue weighted by atomic mass is 9.77. The molecule has 0 aromatic heterocycles. The lowest BCUT2D eigenvalue weighted by Gasteiger charge is -2.43. The second kappa shape index (κ2) is 12.0. The van der Waals surface area contributed by atoms with E-state index in [4.69, 9.17) is 23.7 Å². The van der Waals surface area contributed by atoms with Crippen LogP contribution in [0.4, 0.5) is 0 Å². The molecule has 1 saturated heterocycles. The van der Waals surface area contributed by atoms with Gasteiger partial charge in [-0.1, -0.05) is 6.08 Å². The predicted molar refractivity (Wildman–Crippen MR) is 131 cm³/mol. The van der Waals surface area contributed by atoms with E-state index in [0.717, 1.165) is 11.1 Å². The third kappa shape index (κ3) is 5.38. The maximum atomic E-state index is 12.7. The molecule has 0 spiro atoms. The fraction of sp³-hybridized carbons (Fsp3) is 0.577. The van der Waals surface area contributed by atoms with Crippen molar-refractivity contribution in [3.8, 4) is 11.5 Å². The van der Waals surface area contributed by atoms with E-state index in [-0.39, 0.29) is 17.4 Å². The number of methoxy groups -OCH3 is 2. The van der Waals surface area contributed by atoms with Gasteiger partial charge in [0.1, 0.15) is 24.4 Å². The van der Waals surface area contributed by atoms with Crippen LogP contribution in [0.5, 0.6) is 11.5 Å². The Labute approximate surface area is 220 Å². The molecule has 0 unspecified atom stereocenters. The number of benzene rings is 1. The van der Waals surface area contributed by atoms with Gasteiger partial charge in [-0.25, -0.2) is 4.79 Å². The number of carbonyl (C=O) groups is 1. The smallest absolute Gasteiger partial charge is 0.337 e. The third-order valence-corrected chi connectivity index (χ3v) is 7.41. The van der Waals surface area contributed by atoms with E-state index in [2.05, 4.69) is 11.9 Å². The number of rotatable bonds is 8. The van der Waals surface area contributed by atoms with Gasteiger partial charge in [-0.2, -0.15) is 0 Å². The molecule has 3 heterocycles. The Morgan fingerprint density at radius 1 is 1.18 bits per heavy atom. The van der Waals surface area contributed by atoms with Crippen LogP contribution >= 0.6 is 0 Å². The molecule has 12 heteroatoms. The average Bonchev–Trinajstić information content (AvgIpc) is 2.92. The zero-order chi connectivity index (χ0) is 27.6. The van der Waals surface area contributed by atoms with Crippen molar-refractivity contribution >= 4 is 5.97 Å². The highest BCUT2D eigenvalue weighted by atomic mass is 16.8. The maximum Gasteiger partial charge on any atom is 0.337 e. The zero-order valence-electron chi connectivity index (χ0n) is 21.2. The number of aliphatic hydroxyl groups excluding tert-OH is 4. The van der Waals surface area contributed by atoms with Gasteiger partial charge < -0.3 is 54.5 Å². The maximum absolute atomic E-state index is 12.7. The molecule has 4 rings (SSSR count). The first-order chi connectivity index (χ1) is 18.2. The van der Waals surface area contributed by atoms with E-state index in [0.29, 0.717) is 25.1 Å². The van der Waals surface area contributed by atoms with Crippen LogP contribution in [0.1, 0.15) is 23.6 Å². The van der Waals surface area contributed by atoms with Crippen LogP contribution in [0.15, 0.2) is 36.6 Å². The Morgan fingerprint density at radius 2 is 1.95 bits per heavy atom. The molecule has 3 aliphatic rings. The van der Waals surface area contributed by atoms with Crippen LogP contribution in [-0.4, -0.2) is 95.9 Å². The fourth-order valence-electron chi connectivity index (χ4n) is 5.31. The highest BCUT2D eigenvalue weighted by Crippen LogP contribution is 2.42. The van der Waals surface area contributed by atoms with Crippen molar-refractivity contribution in [1.29, 1.82) is 0 Å². The van der Waals surface area contributed by atoms with Crippen molar-refractivity contribution < 1.29 is 54.0 Å². The number of hydrogen-bond acceptors (Lipinski definition) is 12. The number of fused-ring (bicyclic) bond motifs is 1. The molecular weight excluding hydrogens is 502 g/mol. The second-order valence-corrected chi connectivity index (χ2v) is 9.54. The van der Waals surface area contributed by atoms with Gasteiger partial charge in [0.05, 0.1) is 32.7 Å². The van der Waals surface area contributed by atoms with Crippen LogP contribution in [0, 0.1) is 11.8 Å². The van der Waals surface area contributed by atoms with E-state index < -0.39 is 61.4 Å². The van der Waals surface area contributed by atoms with Crippen LogP contribution in [-0.2, 0) is 30.2 Å². The van der Waals surface area contributed by atoms with Crippen molar-refractivity contribution in [1.82, 2.24) is 5.32 Å². The van der Waals surface area contributed by atoms with Crippen LogP contribution in [0.2, 0.25) is 0 Å². The number of phenolic OH excluding ortho intramolecular Hbond substituents is 1. The number of carbonyl (C=O) groups excluding carboxylic acids is 1. The molecule has 3 aliphatic heterocycles. The largest absolute Gasteiger partial charge is 0.504 e. The Morgan fingerprint density at radius 3 is 2.61 bits per heavy atom. The minimum absolute atomic E-state index is 0.0464. The van der Waals surface area contributed by atoms with E-state index in [1.807, 2.05) is 0 Å². The van der Waals surface area contributed by atoms with Gasteiger partial charge in [0.15, 0.2) is 17.8 Å². The Bertz CT molecular complexity index is 1040. The molecule has 0 radical (unpaired) electrons. The van der Waals surface area contributed by atoms with Gasteiger partial charge in [0, 0.05) is 17.9 Å². The summed E-state index contributed by atoms with van der Waals surface area (Å²) >= 11 is 0. The summed E-state index contributed by atoms with van der Waals surface area (Å²) in [4.78, 5) is 12.7. The summed E-state index contributed by atoms with van der Waals surface area (Å²) in [5.74, 6) is -1.37. The number of aromatic hydroxyl groups is 1. The number of aliphatic hydroxyl groups is 4. The summed E-state index contributed by atoms with van der Waals surface area (Å²) in [5, 5.41) is 53.9. The normalized spacial score (nSPS) is 34.9. The predicted octanol–water partition coefficient (Wildman–Crippen LogP) is -0.374. The fourth-order valence-corrected chi connectivity index (χ4v) is 5.31. The van der Waals surface area contributed by atoms with Crippen molar-refractivity contribution in [3.05, 3.63) is 47.7 Å². The highest BCUT2D eigenvalue weighted by molar-refractivity contribution is 5.89. The zero-order valence-corrected chi connectivity index (χ0v) is 21.2. The Hall–Kier alpha value is -2.71. The first-order valence-corrected chi connectivity index (χ1v) is 12.4. The number of nitrogens with one attached hydrogen (secondary N) is 1. The van der Waals surface area contributed by atoms with Crippen molar-refractivity contribution in [2.75, 3.05) is 27.4 Å². The molecule has 210 valence electrons. The first kappa shape index (κ1) is 28.3. The van der Waals surface area contributed by atoms with Gasteiger partial charge >= 0.3 is 5.97 Å². The van der Waals surface area contributed by atoms with Crippen LogP contribution < -0.4 is 10.1 Å². The van der Waals surface area contributed by atoms with E-state index >= 15 is 0 Å². The van der Waals surface area contributed by atoms with Gasteiger partial charge in [-0.05, 0) is 42.6 Å². The van der Waals surface area contributed by atoms with Crippen molar-refractivity contribution in [3.63, 3.8) is 0 Å². The average molecular weight is 538 g/mol.